The van der Waals surface area contributed by atoms with Crippen LogP contribution >= 0.6 is 0 Å². The molecule has 132 valence electrons. The maximum absolute atomic E-state index is 12.6. The first-order valence-corrected chi connectivity index (χ1v) is 10.2. The first kappa shape index (κ1) is 17.3. The molecule has 2 heterocycles. The van der Waals surface area contributed by atoms with Gasteiger partial charge in [-0.15, -0.1) is 0 Å². The van der Waals surface area contributed by atoms with Crippen molar-refractivity contribution >= 4 is 15.9 Å². The van der Waals surface area contributed by atoms with Gasteiger partial charge < -0.3 is 5.32 Å². The largest absolute Gasteiger partial charge is 0.348 e. The maximum atomic E-state index is 12.6. The number of hydrogen-bond donors (Lipinski definition) is 2. The second-order valence-corrected chi connectivity index (χ2v) is 8.73. The number of nitrogens with one attached hydrogen (secondary N) is 2. The van der Waals surface area contributed by atoms with Crippen LogP contribution in [0, 0.1) is 0 Å². The third-order valence-electron chi connectivity index (χ3n) is 4.72. The molecule has 2 N–H and O–H groups in total. The fourth-order valence-electron chi connectivity index (χ4n) is 3.78. The van der Waals surface area contributed by atoms with Gasteiger partial charge in [0, 0.05) is 32.0 Å². The van der Waals surface area contributed by atoms with E-state index in [1.807, 2.05) is 12.1 Å². The zero-order chi connectivity index (χ0) is 17.2. The van der Waals surface area contributed by atoms with Gasteiger partial charge in [-0.2, -0.15) is 0 Å². The number of nitrogens with zero attached hydrogens (tertiary/aromatic N) is 2. The van der Waals surface area contributed by atoms with E-state index in [0.29, 0.717) is 13.1 Å². The molecule has 0 radical (unpaired) electrons. The molecule has 1 aliphatic carbocycles. The Morgan fingerprint density at radius 2 is 2.17 bits per heavy atom. The lowest BCUT2D eigenvalue weighted by atomic mass is 9.97. The highest BCUT2D eigenvalue weighted by molar-refractivity contribution is 7.88. The van der Waals surface area contributed by atoms with Gasteiger partial charge in [0.05, 0.1) is 11.8 Å². The number of hydrogen-bond acceptors (Lipinski definition) is 5. The SMILES string of the molecule is CS(=O)(=O)NC1CN(Cc2cccnc2)CC2(CCCC2)NC1=O. The predicted molar refractivity (Wildman–Crippen MR) is 90.6 cm³/mol. The summed E-state index contributed by atoms with van der Waals surface area (Å²) < 4.78 is 25.7. The summed E-state index contributed by atoms with van der Waals surface area (Å²) in [6.07, 6.45) is 8.67. The van der Waals surface area contributed by atoms with Gasteiger partial charge in [-0.05, 0) is 24.5 Å². The highest BCUT2D eigenvalue weighted by Crippen LogP contribution is 2.32. The van der Waals surface area contributed by atoms with Crippen molar-refractivity contribution in [1.29, 1.82) is 0 Å². The second kappa shape index (κ2) is 6.78. The second-order valence-electron chi connectivity index (χ2n) is 6.95. The van der Waals surface area contributed by atoms with E-state index in [1.165, 1.54) is 0 Å². The van der Waals surface area contributed by atoms with Crippen molar-refractivity contribution in [3.8, 4) is 0 Å². The van der Waals surface area contributed by atoms with Gasteiger partial charge in [0.1, 0.15) is 6.04 Å². The first-order chi connectivity index (χ1) is 11.4. The topological polar surface area (TPSA) is 91.4 Å². The molecule has 1 unspecified atom stereocenters. The Morgan fingerprint density at radius 3 is 2.79 bits per heavy atom. The number of carbonyl (C=O) groups is 1. The van der Waals surface area contributed by atoms with E-state index < -0.39 is 16.1 Å². The van der Waals surface area contributed by atoms with Crippen molar-refractivity contribution in [2.45, 2.75) is 43.8 Å². The van der Waals surface area contributed by atoms with Gasteiger partial charge in [-0.3, -0.25) is 14.7 Å². The molecule has 0 bridgehead atoms. The smallest absolute Gasteiger partial charge is 0.239 e. The highest BCUT2D eigenvalue weighted by Gasteiger charge is 2.42. The molecule has 2 fully saturated rings. The molecule has 7 nitrogen and oxygen atoms in total. The van der Waals surface area contributed by atoms with Crippen LogP contribution < -0.4 is 10.0 Å². The zero-order valence-electron chi connectivity index (χ0n) is 13.9. The Labute approximate surface area is 142 Å². The van der Waals surface area contributed by atoms with Crippen molar-refractivity contribution in [3.63, 3.8) is 0 Å². The number of rotatable bonds is 4. The molecular formula is C16H24N4O3S. The average molecular weight is 352 g/mol. The Kier molecular flexibility index (Phi) is 4.89. The van der Waals surface area contributed by atoms with E-state index in [0.717, 1.165) is 44.0 Å². The molecule has 1 amide bonds. The van der Waals surface area contributed by atoms with E-state index >= 15 is 0 Å². The van der Waals surface area contributed by atoms with Crippen molar-refractivity contribution < 1.29 is 13.2 Å². The monoisotopic (exact) mass is 352 g/mol. The Bertz CT molecular complexity index is 687. The molecule has 1 saturated carbocycles. The fraction of sp³-hybridized carbons (Fsp3) is 0.625. The van der Waals surface area contributed by atoms with E-state index in [2.05, 4.69) is 19.9 Å². The van der Waals surface area contributed by atoms with E-state index in [-0.39, 0.29) is 11.4 Å². The fourth-order valence-corrected chi connectivity index (χ4v) is 4.47. The van der Waals surface area contributed by atoms with Crippen LogP contribution in [-0.2, 0) is 21.4 Å². The third kappa shape index (κ3) is 4.31. The summed E-state index contributed by atoms with van der Waals surface area (Å²) in [7, 11) is -3.45. The zero-order valence-corrected chi connectivity index (χ0v) is 14.7. The van der Waals surface area contributed by atoms with Crippen molar-refractivity contribution in [2.24, 2.45) is 0 Å². The lowest BCUT2D eigenvalue weighted by Crippen LogP contribution is -2.54. The highest BCUT2D eigenvalue weighted by atomic mass is 32.2. The molecule has 1 saturated heterocycles. The third-order valence-corrected chi connectivity index (χ3v) is 5.43. The summed E-state index contributed by atoms with van der Waals surface area (Å²) in [4.78, 5) is 18.9. The minimum Gasteiger partial charge on any atom is -0.348 e. The molecule has 1 aromatic rings. The number of sulfonamides is 1. The number of pyridine rings is 1. The van der Waals surface area contributed by atoms with Crippen molar-refractivity contribution in [3.05, 3.63) is 30.1 Å². The van der Waals surface area contributed by atoms with E-state index in [4.69, 9.17) is 0 Å². The van der Waals surface area contributed by atoms with Crippen LogP contribution in [0.2, 0.25) is 0 Å². The van der Waals surface area contributed by atoms with Gasteiger partial charge in [0.15, 0.2) is 0 Å². The van der Waals surface area contributed by atoms with Crippen LogP contribution in [0.1, 0.15) is 31.2 Å². The normalized spacial score (nSPS) is 24.7. The van der Waals surface area contributed by atoms with E-state index in [9.17, 15) is 13.2 Å². The number of aromatic nitrogens is 1. The minimum absolute atomic E-state index is 0.226. The van der Waals surface area contributed by atoms with Crippen LogP contribution in [0.25, 0.3) is 0 Å². The van der Waals surface area contributed by atoms with Crippen LogP contribution in [0.15, 0.2) is 24.5 Å². The van der Waals surface area contributed by atoms with Crippen molar-refractivity contribution in [1.82, 2.24) is 19.9 Å². The maximum Gasteiger partial charge on any atom is 0.239 e. The summed E-state index contributed by atoms with van der Waals surface area (Å²) in [5, 5.41) is 3.12. The molecule has 3 rings (SSSR count). The van der Waals surface area contributed by atoms with Crippen LogP contribution in [-0.4, -0.2) is 55.1 Å². The van der Waals surface area contributed by atoms with Gasteiger partial charge >= 0.3 is 0 Å². The molecule has 1 atom stereocenters. The molecule has 0 aromatic carbocycles. The van der Waals surface area contributed by atoms with Gasteiger partial charge in [-0.25, -0.2) is 13.1 Å². The summed E-state index contributed by atoms with van der Waals surface area (Å²) in [5.74, 6) is -0.226. The molecule has 8 heteroatoms. The lowest BCUT2D eigenvalue weighted by molar-refractivity contribution is -0.123. The van der Waals surface area contributed by atoms with Crippen molar-refractivity contribution in [2.75, 3.05) is 19.3 Å². The molecule has 2 aliphatic rings. The van der Waals surface area contributed by atoms with Gasteiger partial charge in [0.2, 0.25) is 15.9 Å². The molecule has 1 spiro atoms. The van der Waals surface area contributed by atoms with Crippen LogP contribution in [0.5, 0.6) is 0 Å². The predicted octanol–water partition coefficient (Wildman–Crippen LogP) is 0.244. The summed E-state index contributed by atoms with van der Waals surface area (Å²) >= 11 is 0. The Morgan fingerprint density at radius 1 is 1.42 bits per heavy atom. The number of carbonyl (C=O) groups excluding carboxylic acids is 1. The Balaban J connectivity index is 1.83. The molecular weight excluding hydrogens is 328 g/mol. The minimum atomic E-state index is -3.45. The summed E-state index contributed by atoms with van der Waals surface area (Å²) in [5.41, 5.74) is 0.811. The molecule has 24 heavy (non-hydrogen) atoms. The molecule has 1 aromatic heterocycles. The van der Waals surface area contributed by atoms with Gasteiger partial charge in [0.25, 0.3) is 0 Å². The average Bonchev–Trinajstić information content (AvgIpc) is 2.89. The van der Waals surface area contributed by atoms with Crippen LogP contribution in [0.4, 0.5) is 0 Å². The Hall–Kier alpha value is -1.51. The number of amides is 1. The van der Waals surface area contributed by atoms with Gasteiger partial charge in [-0.1, -0.05) is 18.9 Å². The summed E-state index contributed by atoms with van der Waals surface area (Å²) in [6.45, 7) is 1.73. The quantitative estimate of drug-likeness (QED) is 0.810. The standard InChI is InChI=1S/C16H24N4O3S/c1-24(22,23)19-14-11-20(10-13-5-4-8-17-9-13)12-16(18-15(14)21)6-2-3-7-16/h4-5,8-9,14,19H,2-3,6-7,10-12H2,1H3,(H,18,21). The molecule has 1 aliphatic heterocycles. The van der Waals surface area contributed by atoms with E-state index in [1.54, 1.807) is 12.4 Å². The first-order valence-electron chi connectivity index (χ1n) is 8.26. The summed E-state index contributed by atoms with van der Waals surface area (Å²) in [6, 6.07) is 3.11. The van der Waals surface area contributed by atoms with Crippen LogP contribution in [0.3, 0.4) is 0 Å². The lowest BCUT2D eigenvalue weighted by Gasteiger charge is -2.32.